The van der Waals surface area contributed by atoms with E-state index in [-0.39, 0.29) is 24.0 Å². The summed E-state index contributed by atoms with van der Waals surface area (Å²) in [4.78, 5) is 15.3. The lowest BCUT2D eigenvalue weighted by atomic mass is 9.82. The number of carbonyl (C=O) groups excluding carboxylic acids is 1. The Labute approximate surface area is 191 Å². The number of hydrogen-bond donors (Lipinski definition) is 1. The molecule has 6 heteroatoms. The second kappa shape index (κ2) is 10.2. The van der Waals surface area contributed by atoms with Gasteiger partial charge in [0, 0.05) is 25.8 Å². The maximum Gasteiger partial charge on any atom is 0.254 e. The van der Waals surface area contributed by atoms with Crippen LogP contribution in [0.3, 0.4) is 0 Å². The van der Waals surface area contributed by atoms with Crippen LogP contribution >= 0.6 is 0 Å². The SMILES string of the molecule is COC(C)(C)C(=O)N1CCC[C@H](c2cc[nH]n2)[C@@H]1CO[C@H]1CC[C@@H](c2ccccc2)CC1. The number of likely N-dealkylation sites (tertiary alicyclic amines) is 1. The van der Waals surface area contributed by atoms with Gasteiger partial charge in [0.25, 0.3) is 5.91 Å². The van der Waals surface area contributed by atoms with Crippen LogP contribution in [0.25, 0.3) is 0 Å². The normalized spacial score (nSPS) is 26.8. The molecule has 1 amide bonds. The number of nitrogens with zero attached hydrogens (tertiary/aromatic N) is 2. The zero-order valence-corrected chi connectivity index (χ0v) is 19.6. The molecule has 32 heavy (non-hydrogen) atoms. The Balaban J connectivity index is 1.42. The van der Waals surface area contributed by atoms with Crippen molar-refractivity contribution < 1.29 is 14.3 Å². The standard InChI is InChI=1S/C26H37N3O3/c1-26(2,31-3)25(30)29-17-7-10-22(23-15-16-27-28-23)24(29)18-32-21-13-11-20(12-14-21)19-8-5-4-6-9-19/h4-6,8-9,15-16,20-22,24H,7,10-14,17-18H2,1-3H3,(H,27,28)/t20-,21+,22-,24+/m1/s1. The molecule has 1 aromatic carbocycles. The topological polar surface area (TPSA) is 67.5 Å². The van der Waals surface area contributed by atoms with Gasteiger partial charge in [-0.15, -0.1) is 0 Å². The van der Waals surface area contributed by atoms with Crippen LogP contribution in [-0.2, 0) is 14.3 Å². The summed E-state index contributed by atoms with van der Waals surface area (Å²) in [5, 5.41) is 7.39. The first-order chi connectivity index (χ1) is 15.5. The minimum absolute atomic E-state index is 0.0270. The van der Waals surface area contributed by atoms with E-state index in [2.05, 4.69) is 40.5 Å². The lowest BCUT2D eigenvalue weighted by molar-refractivity contribution is -0.158. The number of aromatic amines is 1. The summed E-state index contributed by atoms with van der Waals surface area (Å²) < 4.78 is 12.0. The molecule has 174 valence electrons. The van der Waals surface area contributed by atoms with Gasteiger partial charge in [0.1, 0.15) is 5.60 Å². The Kier molecular flexibility index (Phi) is 7.31. The molecule has 1 N–H and O–H groups in total. The van der Waals surface area contributed by atoms with Gasteiger partial charge in [0.2, 0.25) is 0 Å². The van der Waals surface area contributed by atoms with E-state index >= 15 is 0 Å². The summed E-state index contributed by atoms with van der Waals surface area (Å²) in [5.74, 6) is 0.831. The van der Waals surface area contributed by atoms with Crippen LogP contribution in [0.15, 0.2) is 42.6 Å². The van der Waals surface area contributed by atoms with Gasteiger partial charge in [-0.05, 0) is 69.9 Å². The molecule has 2 aliphatic rings. The summed E-state index contributed by atoms with van der Waals surface area (Å²) >= 11 is 0. The number of carbonyl (C=O) groups is 1. The van der Waals surface area contributed by atoms with E-state index in [0.29, 0.717) is 12.5 Å². The van der Waals surface area contributed by atoms with Crippen molar-refractivity contribution >= 4 is 5.91 Å². The number of H-pyrrole nitrogens is 1. The highest BCUT2D eigenvalue weighted by Gasteiger charge is 2.42. The van der Waals surface area contributed by atoms with Crippen LogP contribution < -0.4 is 0 Å². The molecule has 1 aliphatic heterocycles. The van der Waals surface area contributed by atoms with Gasteiger partial charge in [-0.1, -0.05) is 30.3 Å². The Bertz CT molecular complexity index is 844. The second-order valence-electron chi connectivity index (χ2n) is 9.75. The van der Waals surface area contributed by atoms with Crippen molar-refractivity contribution in [3.05, 3.63) is 53.9 Å². The lowest BCUT2D eigenvalue weighted by Gasteiger charge is -2.44. The van der Waals surface area contributed by atoms with Crippen molar-refractivity contribution in [3.8, 4) is 0 Å². The molecule has 1 saturated carbocycles. The number of hydrogen-bond acceptors (Lipinski definition) is 4. The number of ether oxygens (including phenoxy) is 2. The third-order valence-electron chi connectivity index (χ3n) is 7.42. The predicted molar refractivity (Wildman–Crippen MR) is 125 cm³/mol. The summed E-state index contributed by atoms with van der Waals surface area (Å²) in [5.41, 5.74) is 1.61. The number of aromatic nitrogens is 2. The van der Waals surface area contributed by atoms with E-state index in [1.54, 1.807) is 7.11 Å². The number of piperidine rings is 1. The van der Waals surface area contributed by atoms with Crippen LogP contribution in [0.5, 0.6) is 0 Å². The molecule has 4 rings (SSSR count). The van der Waals surface area contributed by atoms with Gasteiger partial charge in [0.15, 0.2) is 0 Å². The molecule has 1 aromatic heterocycles. The first kappa shape index (κ1) is 23.0. The number of nitrogens with one attached hydrogen (secondary N) is 1. The van der Waals surface area contributed by atoms with E-state index in [9.17, 15) is 4.79 Å². The van der Waals surface area contributed by atoms with Gasteiger partial charge in [0.05, 0.1) is 24.4 Å². The summed E-state index contributed by atoms with van der Waals surface area (Å²) in [6.45, 7) is 4.97. The van der Waals surface area contributed by atoms with Crippen LogP contribution in [0, 0.1) is 0 Å². The molecule has 1 saturated heterocycles. The molecule has 6 nitrogen and oxygen atoms in total. The molecule has 2 aromatic rings. The van der Waals surface area contributed by atoms with Crippen LogP contribution in [0.1, 0.15) is 75.5 Å². The van der Waals surface area contributed by atoms with Gasteiger partial charge >= 0.3 is 0 Å². The third-order valence-corrected chi connectivity index (χ3v) is 7.42. The monoisotopic (exact) mass is 439 g/mol. The summed E-state index contributed by atoms with van der Waals surface area (Å²) in [6.07, 6.45) is 8.52. The molecule has 0 unspecified atom stereocenters. The summed E-state index contributed by atoms with van der Waals surface area (Å²) in [6, 6.07) is 12.8. The Morgan fingerprint density at radius 3 is 2.53 bits per heavy atom. The largest absolute Gasteiger partial charge is 0.376 e. The number of amides is 1. The zero-order valence-electron chi connectivity index (χ0n) is 19.6. The predicted octanol–water partition coefficient (Wildman–Crippen LogP) is 4.65. The average molecular weight is 440 g/mol. The Morgan fingerprint density at radius 1 is 1.12 bits per heavy atom. The van der Waals surface area contributed by atoms with Gasteiger partial charge in [-0.25, -0.2) is 0 Å². The average Bonchev–Trinajstić information content (AvgIpc) is 3.38. The molecule has 0 spiro atoms. The number of rotatable bonds is 7. The molecule has 0 radical (unpaired) electrons. The second-order valence-corrected chi connectivity index (χ2v) is 9.75. The summed E-state index contributed by atoms with van der Waals surface area (Å²) in [7, 11) is 1.60. The third kappa shape index (κ3) is 5.07. The fourth-order valence-corrected chi connectivity index (χ4v) is 5.29. The molecule has 2 fully saturated rings. The zero-order chi connectivity index (χ0) is 22.6. The molecular weight excluding hydrogens is 402 g/mol. The van der Waals surface area contributed by atoms with Gasteiger partial charge in [-0.3, -0.25) is 9.89 Å². The highest BCUT2D eigenvalue weighted by atomic mass is 16.5. The lowest BCUT2D eigenvalue weighted by Crippen LogP contribution is -2.56. The van der Waals surface area contributed by atoms with Crippen molar-refractivity contribution in [2.45, 2.75) is 82.0 Å². The minimum Gasteiger partial charge on any atom is -0.376 e. The van der Waals surface area contributed by atoms with Gasteiger partial charge < -0.3 is 14.4 Å². The molecule has 1 aliphatic carbocycles. The van der Waals surface area contributed by atoms with E-state index in [4.69, 9.17) is 9.47 Å². The first-order valence-corrected chi connectivity index (χ1v) is 12.0. The smallest absolute Gasteiger partial charge is 0.254 e. The van der Waals surface area contributed by atoms with Crippen molar-refractivity contribution in [3.63, 3.8) is 0 Å². The number of benzene rings is 1. The van der Waals surface area contributed by atoms with Crippen LogP contribution in [0.4, 0.5) is 0 Å². The fraction of sp³-hybridized carbons (Fsp3) is 0.615. The van der Waals surface area contributed by atoms with E-state index in [1.807, 2.05) is 31.0 Å². The quantitative estimate of drug-likeness (QED) is 0.682. The number of methoxy groups -OCH3 is 1. The highest BCUT2D eigenvalue weighted by Crippen LogP contribution is 2.36. The molecule has 2 atom stereocenters. The van der Waals surface area contributed by atoms with Crippen molar-refractivity contribution in [2.75, 3.05) is 20.3 Å². The minimum atomic E-state index is -0.848. The van der Waals surface area contributed by atoms with E-state index < -0.39 is 5.60 Å². The van der Waals surface area contributed by atoms with E-state index in [1.165, 1.54) is 5.56 Å². The molecular formula is C26H37N3O3. The van der Waals surface area contributed by atoms with Crippen molar-refractivity contribution in [2.24, 2.45) is 0 Å². The maximum absolute atomic E-state index is 13.3. The Morgan fingerprint density at radius 2 is 1.88 bits per heavy atom. The van der Waals surface area contributed by atoms with E-state index in [0.717, 1.165) is 50.8 Å². The van der Waals surface area contributed by atoms with Gasteiger partial charge in [-0.2, -0.15) is 5.10 Å². The first-order valence-electron chi connectivity index (χ1n) is 12.0. The van der Waals surface area contributed by atoms with Crippen LogP contribution in [-0.4, -0.2) is 59.0 Å². The molecule has 0 bridgehead atoms. The van der Waals surface area contributed by atoms with Crippen LogP contribution in [0.2, 0.25) is 0 Å². The van der Waals surface area contributed by atoms with Crippen molar-refractivity contribution in [1.82, 2.24) is 15.1 Å². The highest BCUT2D eigenvalue weighted by molar-refractivity contribution is 5.85. The fourth-order valence-electron chi connectivity index (χ4n) is 5.29. The maximum atomic E-state index is 13.3. The van der Waals surface area contributed by atoms with Crippen molar-refractivity contribution in [1.29, 1.82) is 0 Å². The Hall–Kier alpha value is -2.18. The molecule has 2 heterocycles.